The van der Waals surface area contributed by atoms with E-state index in [0.29, 0.717) is 0 Å². The van der Waals surface area contributed by atoms with Crippen LogP contribution in [0, 0.1) is 22.0 Å². The van der Waals surface area contributed by atoms with E-state index in [2.05, 4.69) is 4.84 Å². The summed E-state index contributed by atoms with van der Waals surface area (Å²) >= 11 is 0. The summed E-state index contributed by atoms with van der Waals surface area (Å²) in [5, 5.41) is 10.0. The molecule has 0 aromatic heterocycles. The van der Waals surface area contributed by atoms with Gasteiger partial charge in [-0.25, -0.2) is 0 Å². The zero-order valence-corrected chi connectivity index (χ0v) is 21.0. The molecule has 0 radical (unpaired) electrons. The first kappa shape index (κ1) is 30.5. The highest BCUT2D eigenvalue weighted by atomic mass is 17.0. The van der Waals surface area contributed by atoms with Gasteiger partial charge in [-0.2, -0.15) is 0 Å². The summed E-state index contributed by atoms with van der Waals surface area (Å²) in [6.45, 7) is 8.43. The van der Waals surface area contributed by atoms with Crippen LogP contribution in [0.5, 0.6) is 0 Å². The zero-order chi connectivity index (χ0) is 27.7. The number of hydrogen-bond donors (Lipinski definition) is 0. The Morgan fingerprint density at radius 1 is 0.833 bits per heavy atom. The van der Waals surface area contributed by atoms with Gasteiger partial charge in [0.2, 0.25) is 6.29 Å². The second-order valence-corrected chi connectivity index (χ2v) is 8.35. The Kier molecular flexibility index (Phi) is 11.5. The highest BCUT2D eigenvalue weighted by Gasteiger charge is 2.58. The van der Waals surface area contributed by atoms with E-state index in [1.54, 1.807) is 0 Å². The van der Waals surface area contributed by atoms with Crippen molar-refractivity contribution in [2.75, 3.05) is 6.61 Å². The quantitative estimate of drug-likeness (QED) is 0.120. The lowest BCUT2D eigenvalue weighted by molar-refractivity contribution is -0.786. The molecule has 0 saturated carbocycles. The molecule has 36 heavy (non-hydrogen) atoms. The lowest BCUT2D eigenvalue weighted by atomic mass is 9.80. The predicted molar refractivity (Wildman–Crippen MR) is 114 cm³/mol. The minimum Gasteiger partial charge on any atom is -0.463 e. The standard InChI is InChI=1S/C21H31NO14/c1-9(2)31-19(26)16(20(27)32-10(3)4)15-18(34-13(7)25)17(33-12(6)24)14(8-30-11(5)23)35-21(15)36-22(28)29/h9-10,14-18,21H,8H2,1-7H3/t14-,15-,17+,18-,21-/m1/s1. The molecule has 1 aliphatic heterocycles. The molecular formula is C21H31NO14. The van der Waals surface area contributed by atoms with Gasteiger partial charge in [-0.15, -0.1) is 10.1 Å². The molecule has 204 valence electrons. The highest BCUT2D eigenvalue weighted by Crippen LogP contribution is 2.38. The van der Waals surface area contributed by atoms with Crippen LogP contribution in [-0.4, -0.2) is 78.3 Å². The summed E-state index contributed by atoms with van der Waals surface area (Å²) in [7, 11) is 0. The first-order chi connectivity index (χ1) is 16.6. The summed E-state index contributed by atoms with van der Waals surface area (Å²) in [6, 6.07) is 0. The third-order valence-electron chi connectivity index (χ3n) is 4.53. The van der Waals surface area contributed by atoms with Gasteiger partial charge >= 0.3 is 29.8 Å². The topological polar surface area (TPSA) is 193 Å². The molecule has 15 heteroatoms. The lowest BCUT2D eigenvalue weighted by Crippen LogP contribution is -2.63. The molecule has 0 N–H and O–H groups in total. The molecule has 0 bridgehead atoms. The number of carbonyl (C=O) groups excluding carboxylic acids is 5. The maximum atomic E-state index is 13.0. The van der Waals surface area contributed by atoms with E-state index in [1.165, 1.54) is 27.7 Å². The first-order valence-corrected chi connectivity index (χ1v) is 11.0. The third kappa shape index (κ3) is 9.28. The fraction of sp³-hybridized carbons (Fsp3) is 0.762. The van der Waals surface area contributed by atoms with Crippen LogP contribution in [0.3, 0.4) is 0 Å². The Morgan fingerprint density at radius 3 is 1.69 bits per heavy atom. The first-order valence-electron chi connectivity index (χ1n) is 11.0. The fourth-order valence-electron chi connectivity index (χ4n) is 3.48. The van der Waals surface area contributed by atoms with Gasteiger partial charge in [0.05, 0.1) is 18.1 Å². The van der Waals surface area contributed by atoms with Gasteiger partial charge in [-0.1, -0.05) is 0 Å². The number of nitrogens with zero attached hydrogens (tertiary/aromatic N) is 1. The smallest absolute Gasteiger partial charge is 0.321 e. The van der Waals surface area contributed by atoms with Gasteiger partial charge < -0.3 is 28.4 Å². The summed E-state index contributed by atoms with van der Waals surface area (Å²) in [4.78, 5) is 77.2. The van der Waals surface area contributed by atoms with Crippen molar-refractivity contribution in [1.29, 1.82) is 0 Å². The van der Waals surface area contributed by atoms with Crippen molar-refractivity contribution in [3.05, 3.63) is 10.1 Å². The molecule has 1 rings (SSSR count). The number of rotatable bonds is 11. The Morgan fingerprint density at radius 2 is 1.31 bits per heavy atom. The Hall–Kier alpha value is -3.49. The summed E-state index contributed by atoms with van der Waals surface area (Å²) in [5.41, 5.74) is 0. The van der Waals surface area contributed by atoms with Gasteiger partial charge in [0.25, 0.3) is 5.09 Å². The molecule has 5 atom stereocenters. The van der Waals surface area contributed by atoms with Crippen LogP contribution in [0.1, 0.15) is 48.5 Å². The van der Waals surface area contributed by atoms with Crippen LogP contribution < -0.4 is 0 Å². The predicted octanol–water partition coefficient (Wildman–Crippen LogP) is 0.482. The average Bonchev–Trinajstić information content (AvgIpc) is 2.68. The van der Waals surface area contributed by atoms with Gasteiger partial charge in [0.1, 0.15) is 18.8 Å². The maximum absolute atomic E-state index is 13.0. The second-order valence-electron chi connectivity index (χ2n) is 8.35. The summed E-state index contributed by atoms with van der Waals surface area (Å²) in [5.74, 6) is -8.74. The van der Waals surface area contributed by atoms with Crippen molar-refractivity contribution in [3.63, 3.8) is 0 Å². The van der Waals surface area contributed by atoms with E-state index in [-0.39, 0.29) is 0 Å². The molecule has 0 amide bonds. The van der Waals surface area contributed by atoms with E-state index in [9.17, 15) is 34.1 Å². The van der Waals surface area contributed by atoms with Crippen LogP contribution >= 0.6 is 0 Å². The van der Waals surface area contributed by atoms with Gasteiger partial charge in [-0.05, 0) is 27.7 Å². The Labute approximate surface area is 206 Å². The molecule has 0 unspecified atom stereocenters. The molecule has 15 nitrogen and oxygen atoms in total. The van der Waals surface area contributed by atoms with Crippen LogP contribution in [0.4, 0.5) is 0 Å². The molecular weight excluding hydrogens is 490 g/mol. The molecule has 0 aromatic carbocycles. The van der Waals surface area contributed by atoms with Crippen molar-refractivity contribution < 1.29 is 62.3 Å². The van der Waals surface area contributed by atoms with E-state index in [1.807, 2.05) is 0 Å². The SMILES string of the molecule is CC(=O)OC[C@H]1O[C@H](O[N+](=O)[O-])[C@H](C(C(=O)OC(C)C)C(=O)OC(C)C)[C@@H](OC(C)=O)[C@H]1OC(C)=O. The van der Waals surface area contributed by atoms with E-state index in [4.69, 9.17) is 28.4 Å². The minimum atomic E-state index is -2.04. The number of ether oxygens (including phenoxy) is 6. The molecule has 1 aliphatic rings. The van der Waals surface area contributed by atoms with E-state index in [0.717, 1.165) is 20.8 Å². The average molecular weight is 521 g/mol. The molecule has 0 aromatic rings. The molecule has 1 fully saturated rings. The maximum Gasteiger partial charge on any atom is 0.321 e. The largest absolute Gasteiger partial charge is 0.463 e. The molecule has 0 aliphatic carbocycles. The molecule has 1 saturated heterocycles. The van der Waals surface area contributed by atoms with Crippen LogP contribution in [0.2, 0.25) is 0 Å². The normalized spacial score (nSPS) is 23.6. The Balaban J connectivity index is 3.74. The highest BCUT2D eigenvalue weighted by molar-refractivity contribution is 5.95. The van der Waals surface area contributed by atoms with Crippen molar-refractivity contribution in [3.8, 4) is 0 Å². The summed E-state index contributed by atoms with van der Waals surface area (Å²) < 4.78 is 31.3. The minimum absolute atomic E-state index is 0.604. The van der Waals surface area contributed by atoms with Crippen LogP contribution in [0.25, 0.3) is 0 Å². The fourth-order valence-corrected chi connectivity index (χ4v) is 3.48. The van der Waals surface area contributed by atoms with Crippen LogP contribution in [0.15, 0.2) is 0 Å². The van der Waals surface area contributed by atoms with Crippen molar-refractivity contribution in [2.24, 2.45) is 11.8 Å². The van der Waals surface area contributed by atoms with E-state index >= 15 is 0 Å². The van der Waals surface area contributed by atoms with Gasteiger partial charge in [0, 0.05) is 20.8 Å². The molecule has 1 heterocycles. The third-order valence-corrected chi connectivity index (χ3v) is 4.53. The van der Waals surface area contributed by atoms with Gasteiger partial charge in [-0.3, -0.25) is 28.8 Å². The number of carbonyl (C=O) groups is 5. The Bertz CT molecular complexity index is 818. The van der Waals surface area contributed by atoms with Gasteiger partial charge in [0.15, 0.2) is 12.0 Å². The lowest BCUT2D eigenvalue weighted by Gasteiger charge is -2.45. The van der Waals surface area contributed by atoms with Crippen molar-refractivity contribution >= 4 is 29.8 Å². The monoisotopic (exact) mass is 521 g/mol. The zero-order valence-electron chi connectivity index (χ0n) is 21.0. The second kappa shape index (κ2) is 13.6. The number of esters is 5. The summed E-state index contributed by atoms with van der Waals surface area (Å²) in [6.07, 6.45) is -8.25. The van der Waals surface area contributed by atoms with Crippen molar-refractivity contribution in [2.45, 2.75) is 85.3 Å². The number of hydrogen-bond acceptors (Lipinski definition) is 14. The van der Waals surface area contributed by atoms with E-state index < -0.39 is 90.2 Å². The van der Waals surface area contributed by atoms with Crippen molar-refractivity contribution in [1.82, 2.24) is 0 Å². The molecule has 0 spiro atoms. The van der Waals surface area contributed by atoms with Crippen LogP contribution in [-0.2, 0) is 57.2 Å².